The van der Waals surface area contributed by atoms with Gasteiger partial charge in [-0.2, -0.15) is 0 Å². The minimum Gasteiger partial charge on any atom is -0.481 e. The minimum atomic E-state index is -0.858. The van der Waals surface area contributed by atoms with Crippen LogP contribution in [0.4, 0.5) is 4.79 Å². The van der Waals surface area contributed by atoms with Gasteiger partial charge in [-0.1, -0.05) is 19.3 Å². The van der Waals surface area contributed by atoms with E-state index in [-0.39, 0.29) is 19.0 Å². The molecular formula is C13H23N3O4. The summed E-state index contributed by atoms with van der Waals surface area (Å²) in [5.41, 5.74) is 0. The van der Waals surface area contributed by atoms with Crippen molar-refractivity contribution >= 4 is 17.9 Å². The molecular weight excluding hydrogens is 262 g/mol. The van der Waals surface area contributed by atoms with Gasteiger partial charge < -0.3 is 15.7 Å². The number of urea groups is 1. The summed E-state index contributed by atoms with van der Waals surface area (Å²) in [6, 6.07) is -0.283. The van der Waals surface area contributed by atoms with E-state index in [1.54, 1.807) is 0 Å². The highest BCUT2D eigenvalue weighted by Crippen LogP contribution is 2.16. The van der Waals surface area contributed by atoms with Crippen molar-refractivity contribution in [2.45, 2.75) is 51.0 Å². The molecule has 0 unspecified atom stereocenters. The zero-order chi connectivity index (χ0) is 14.8. The van der Waals surface area contributed by atoms with Crippen LogP contribution < -0.4 is 16.0 Å². The predicted octanol–water partition coefficient (Wildman–Crippen LogP) is 0.599. The molecule has 20 heavy (non-hydrogen) atoms. The highest BCUT2D eigenvalue weighted by molar-refractivity contribution is 5.95. The number of rotatable bonds is 7. The molecule has 0 aromatic heterocycles. The Morgan fingerprint density at radius 3 is 2.45 bits per heavy atom. The molecule has 4 N–H and O–H groups in total. The Hall–Kier alpha value is -1.63. The van der Waals surface area contributed by atoms with Gasteiger partial charge in [-0.05, 0) is 25.8 Å². The van der Waals surface area contributed by atoms with Crippen LogP contribution in [0.3, 0.4) is 0 Å². The SMILES string of the molecule is O=C(O)CCCNCC(=O)NC(=O)NC1CCCCC1. The first kappa shape index (κ1) is 16.4. The van der Waals surface area contributed by atoms with Gasteiger partial charge in [0.05, 0.1) is 6.54 Å². The number of nitrogens with one attached hydrogen (secondary N) is 3. The van der Waals surface area contributed by atoms with Crippen molar-refractivity contribution in [3.8, 4) is 0 Å². The summed E-state index contributed by atoms with van der Waals surface area (Å²) in [6.45, 7) is 0.446. The smallest absolute Gasteiger partial charge is 0.321 e. The molecule has 0 atom stereocenters. The fourth-order valence-corrected chi connectivity index (χ4v) is 2.21. The van der Waals surface area contributed by atoms with E-state index in [0.29, 0.717) is 13.0 Å². The Kier molecular flexibility index (Phi) is 7.64. The second kappa shape index (κ2) is 9.30. The Morgan fingerprint density at radius 2 is 1.80 bits per heavy atom. The van der Waals surface area contributed by atoms with E-state index in [1.165, 1.54) is 6.42 Å². The number of carbonyl (C=O) groups is 3. The van der Waals surface area contributed by atoms with Gasteiger partial charge in [0, 0.05) is 12.5 Å². The molecule has 3 amide bonds. The number of carboxylic acids is 1. The number of carboxylic acid groups (broad SMARTS) is 1. The lowest BCUT2D eigenvalue weighted by Gasteiger charge is -2.22. The molecule has 7 nitrogen and oxygen atoms in total. The molecule has 0 heterocycles. The topological polar surface area (TPSA) is 108 Å². The first-order valence-electron chi connectivity index (χ1n) is 7.11. The van der Waals surface area contributed by atoms with E-state index >= 15 is 0 Å². The standard InChI is InChI=1S/C13H23N3O4/c17-11(9-14-8-4-7-12(18)19)16-13(20)15-10-5-2-1-3-6-10/h10,14H,1-9H2,(H,18,19)(H2,15,16,17,20). The summed E-state index contributed by atoms with van der Waals surface area (Å²) in [4.78, 5) is 33.3. The van der Waals surface area contributed by atoms with Crippen molar-refractivity contribution in [2.24, 2.45) is 0 Å². The highest BCUT2D eigenvalue weighted by atomic mass is 16.4. The molecule has 0 bridgehead atoms. The molecule has 114 valence electrons. The normalized spacial score (nSPS) is 15.6. The summed E-state index contributed by atoms with van der Waals surface area (Å²) in [7, 11) is 0. The van der Waals surface area contributed by atoms with Crippen molar-refractivity contribution in [1.82, 2.24) is 16.0 Å². The van der Waals surface area contributed by atoms with Crippen LogP contribution in [0.5, 0.6) is 0 Å². The number of hydrogen-bond acceptors (Lipinski definition) is 4. The summed E-state index contributed by atoms with van der Waals surface area (Å²) < 4.78 is 0. The maximum absolute atomic E-state index is 11.6. The van der Waals surface area contributed by atoms with Crippen LogP contribution in [0, 0.1) is 0 Å². The van der Waals surface area contributed by atoms with Gasteiger partial charge in [-0.3, -0.25) is 14.9 Å². The zero-order valence-electron chi connectivity index (χ0n) is 11.6. The van der Waals surface area contributed by atoms with Gasteiger partial charge in [0.1, 0.15) is 0 Å². The number of aliphatic carboxylic acids is 1. The van der Waals surface area contributed by atoms with Crippen LogP contribution in [0.25, 0.3) is 0 Å². The second-order valence-corrected chi connectivity index (χ2v) is 5.03. The Labute approximate surface area is 118 Å². The second-order valence-electron chi connectivity index (χ2n) is 5.03. The van der Waals surface area contributed by atoms with Gasteiger partial charge in [0.15, 0.2) is 0 Å². The third-order valence-electron chi connectivity index (χ3n) is 3.22. The van der Waals surface area contributed by atoms with Crippen molar-refractivity contribution < 1.29 is 19.5 Å². The fraction of sp³-hybridized carbons (Fsp3) is 0.769. The number of imide groups is 1. The Bertz CT molecular complexity index is 341. The van der Waals surface area contributed by atoms with Crippen LogP contribution in [-0.2, 0) is 9.59 Å². The predicted molar refractivity (Wildman–Crippen MR) is 73.3 cm³/mol. The molecule has 1 fully saturated rings. The quantitative estimate of drug-likeness (QED) is 0.512. The van der Waals surface area contributed by atoms with E-state index in [1.807, 2.05) is 0 Å². The number of carbonyl (C=O) groups excluding carboxylic acids is 2. The average molecular weight is 285 g/mol. The van der Waals surface area contributed by atoms with Gasteiger partial charge >= 0.3 is 12.0 Å². The summed E-state index contributed by atoms with van der Waals surface area (Å²) in [5.74, 6) is -1.27. The van der Waals surface area contributed by atoms with Gasteiger partial charge in [-0.15, -0.1) is 0 Å². The van der Waals surface area contributed by atoms with Gasteiger partial charge in [-0.25, -0.2) is 4.79 Å². The van der Waals surface area contributed by atoms with Crippen molar-refractivity contribution in [3.05, 3.63) is 0 Å². The lowest BCUT2D eigenvalue weighted by atomic mass is 9.96. The van der Waals surface area contributed by atoms with Crippen molar-refractivity contribution in [1.29, 1.82) is 0 Å². The molecule has 1 aliphatic carbocycles. The van der Waals surface area contributed by atoms with E-state index < -0.39 is 17.9 Å². The molecule has 0 aliphatic heterocycles. The third kappa shape index (κ3) is 7.73. The highest BCUT2D eigenvalue weighted by Gasteiger charge is 2.16. The Morgan fingerprint density at radius 1 is 1.10 bits per heavy atom. The molecule has 0 spiro atoms. The van der Waals surface area contributed by atoms with Crippen LogP contribution >= 0.6 is 0 Å². The summed E-state index contributed by atoms with van der Waals surface area (Å²) >= 11 is 0. The summed E-state index contributed by atoms with van der Waals surface area (Å²) in [5, 5.41) is 16.3. The lowest BCUT2D eigenvalue weighted by Crippen LogP contribution is -2.47. The minimum absolute atomic E-state index is 0.0116. The van der Waals surface area contributed by atoms with Crippen molar-refractivity contribution in [2.75, 3.05) is 13.1 Å². The fourth-order valence-electron chi connectivity index (χ4n) is 2.21. The number of hydrogen-bond donors (Lipinski definition) is 4. The molecule has 1 rings (SSSR count). The molecule has 0 radical (unpaired) electrons. The van der Waals surface area contributed by atoms with Crippen LogP contribution in [0.2, 0.25) is 0 Å². The summed E-state index contributed by atoms with van der Waals surface area (Å²) in [6.07, 6.45) is 5.89. The maximum atomic E-state index is 11.6. The number of amides is 3. The van der Waals surface area contributed by atoms with E-state index in [4.69, 9.17) is 5.11 Å². The average Bonchev–Trinajstić information content (AvgIpc) is 2.38. The monoisotopic (exact) mass is 285 g/mol. The van der Waals surface area contributed by atoms with Gasteiger partial charge in [0.25, 0.3) is 0 Å². The largest absolute Gasteiger partial charge is 0.481 e. The van der Waals surface area contributed by atoms with Crippen LogP contribution in [0.15, 0.2) is 0 Å². The van der Waals surface area contributed by atoms with E-state index in [9.17, 15) is 14.4 Å². The van der Waals surface area contributed by atoms with Crippen LogP contribution in [0.1, 0.15) is 44.9 Å². The van der Waals surface area contributed by atoms with E-state index in [0.717, 1.165) is 25.7 Å². The van der Waals surface area contributed by atoms with Crippen molar-refractivity contribution in [3.63, 3.8) is 0 Å². The molecule has 0 saturated heterocycles. The molecule has 1 aliphatic rings. The first-order valence-corrected chi connectivity index (χ1v) is 7.11. The Balaban J connectivity index is 2.05. The molecule has 7 heteroatoms. The molecule has 0 aromatic rings. The lowest BCUT2D eigenvalue weighted by molar-refractivity contribution is -0.137. The zero-order valence-corrected chi connectivity index (χ0v) is 11.6. The maximum Gasteiger partial charge on any atom is 0.321 e. The van der Waals surface area contributed by atoms with Crippen LogP contribution in [-0.4, -0.2) is 42.1 Å². The van der Waals surface area contributed by atoms with Gasteiger partial charge in [0.2, 0.25) is 5.91 Å². The third-order valence-corrected chi connectivity index (χ3v) is 3.22. The molecule has 0 aromatic carbocycles. The first-order chi connectivity index (χ1) is 9.58. The molecule has 1 saturated carbocycles. The van der Waals surface area contributed by atoms with E-state index in [2.05, 4.69) is 16.0 Å².